The predicted molar refractivity (Wildman–Crippen MR) is 157 cm³/mol. The van der Waals surface area contributed by atoms with Crippen molar-refractivity contribution >= 4 is 34.9 Å². The van der Waals surface area contributed by atoms with E-state index in [4.69, 9.17) is 14.2 Å². The van der Waals surface area contributed by atoms with Gasteiger partial charge >= 0.3 is 6.03 Å². The molecule has 41 heavy (non-hydrogen) atoms. The third kappa shape index (κ3) is 6.85. The van der Waals surface area contributed by atoms with Gasteiger partial charge in [0.25, 0.3) is 5.91 Å². The highest BCUT2D eigenvalue weighted by Gasteiger charge is 2.53. The Morgan fingerprint density at radius 2 is 1.49 bits per heavy atom. The molecule has 3 N–H and O–H groups in total. The van der Waals surface area contributed by atoms with Crippen molar-refractivity contribution in [3.63, 3.8) is 0 Å². The molecule has 0 aliphatic carbocycles. The van der Waals surface area contributed by atoms with Crippen LogP contribution in [0.1, 0.15) is 31.4 Å². The number of aryl methyl sites for hydroxylation is 1. The van der Waals surface area contributed by atoms with Gasteiger partial charge in [-0.25, -0.2) is 4.79 Å². The van der Waals surface area contributed by atoms with E-state index in [0.717, 1.165) is 5.56 Å². The fraction of sp³-hybridized carbons (Fsp3) is 0.323. The van der Waals surface area contributed by atoms with Gasteiger partial charge < -0.3 is 35.1 Å². The Balaban J connectivity index is 1.68. The molecule has 4 rings (SSSR count). The van der Waals surface area contributed by atoms with Gasteiger partial charge in [-0.3, -0.25) is 9.59 Å². The smallest absolute Gasteiger partial charge is 0.320 e. The van der Waals surface area contributed by atoms with Crippen LogP contribution < -0.4 is 25.6 Å². The number of nitrogens with zero attached hydrogens (tertiary/aromatic N) is 1. The first kappa shape index (κ1) is 29.6. The number of nitrogens with one attached hydrogen (secondary N) is 3. The zero-order valence-corrected chi connectivity index (χ0v) is 23.7. The maximum Gasteiger partial charge on any atom is 0.320 e. The van der Waals surface area contributed by atoms with E-state index in [9.17, 15) is 14.4 Å². The van der Waals surface area contributed by atoms with Crippen LogP contribution in [0, 0.1) is 6.92 Å². The van der Waals surface area contributed by atoms with Gasteiger partial charge in [0.15, 0.2) is 11.8 Å². The van der Waals surface area contributed by atoms with E-state index in [1.807, 2.05) is 32.9 Å². The Labute approximate surface area is 240 Å². The van der Waals surface area contributed by atoms with Crippen LogP contribution in [-0.4, -0.2) is 51.0 Å². The SMILES string of the molecule is CCOC(CN1C(=O)[C@@](CC(=O)Nc2ccc(C)cc2)(NC(=O)Nc2ccc(OC)cc2)c2ccccc21)OCC. The molecule has 4 amide bonds. The monoisotopic (exact) mass is 560 g/mol. The average molecular weight is 561 g/mol. The van der Waals surface area contributed by atoms with Crippen molar-refractivity contribution in [3.05, 3.63) is 83.9 Å². The number of para-hydroxylation sites is 1. The van der Waals surface area contributed by atoms with Crippen LogP contribution in [0.15, 0.2) is 72.8 Å². The maximum atomic E-state index is 14.3. The average Bonchev–Trinajstić information content (AvgIpc) is 3.17. The lowest BCUT2D eigenvalue weighted by molar-refractivity contribution is -0.138. The first-order valence-corrected chi connectivity index (χ1v) is 13.5. The molecule has 3 aromatic rings. The maximum absolute atomic E-state index is 14.3. The zero-order valence-electron chi connectivity index (χ0n) is 23.7. The lowest BCUT2D eigenvalue weighted by Crippen LogP contribution is -2.56. The van der Waals surface area contributed by atoms with Crippen molar-refractivity contribution in [2.75, 3.05) is 42.4 Å². The quantitative estimate of drug-likeness (QED) is 0.274. The lowest BCUT2D eigenvalue weighted by Gasteiger charge is -2.30. The molecular formula is C31H36N4O6. The standard InChI is InChI=1S/C31H36N4O6/c1-5-40-28(41-6-2)20-35-26-10-8-7-9-25(26)31(29(35)37,19-27(36)32-22-13-11-21(3)12-14-22)34-30(38)33-23-15-17-24(39-4)18-16-23/h7-18,28H,5-6,19-20H2,1-4H3,(H,32,36)(H2,33,34,38)/t31-/m0/s1. The highest BCUT2D eigenvalue weighted by Crippen LogP contribution is 2.43. The van der Waals surface area contributed by atoms with Gasteiger partial charge in [-0.05, 0) is 63.2 Å². The largest absolute Gasteiger partial charge is 0.497 e. The van der Waals surface area contributed by atoms with E-state index < -0.39 is 29.7 Å². The minimum Gasteiger partial charge on any atom is -0.497 e. The van der Waals surface area contributed by atoms with Crippen LogP contribution in [0.5, 0.6) is 5.75 Å². The van der Waals surface area contributed by atoms with Crippen molar-refractivity contribution in [2.24, 2.45) is 0 Å². The van der Waals surface area contributed by atoms with Crippen LogP contribution in [0.25, 0.3) is 0 Å². The number of carbonyl (C=O) groups excluding carboxylic acids is 3. The first-order chi connectivity index (χ1) is 19.8. The number of hydrogen-bond donors (Lipinski definition) is 3. The fourth-order valence-corrected chi connectivity index (χ4v) is 4.83. The fourth-order valence-electron chi connectivity index (χ4n) is 4.83. The molecular weight excluding hydrogens is 524 g/mol. The summed E-state index contributed by atoms with van der Waals surface area (Å²) < 4.78 is 16.6. The van der Waals surface area contributed by atoms with Gasteiger partial charge in [-0.2, -0.15) is 0 Å². The number of rotatable bonds is 12. The van der Waals surface area contributed by atoms with Gasteiger partial charge in [0.1, 0.15) is 5.75 Å². The van der Waals surface area contributed by atoms with Crippen LogP contribution in [-0.2, 0) is 24.6 Å². The second-order valence-electron chi connectivity index (χ2n) is 9.58. The predicted octanol–water partition coefficient (Wildman–Crippen LogP) is 4.80. The second kappa shape index (κ2) is 13.3. The summed E-state index contributed by atoms with van der Waals surface area (Å²) in [6.07, 6.45) is -1.02. The summed E-state index contributed by atoms with van der Waals surface area (Å²) in [5.74, 6) is -0.268. The summed E-state index contributed by atoms with van der Waals surface area (Å²) in [6.45, 7) is 6.50. The molecule has 3 aromatic carbocycles. The number of urea groups is 1. The molecule has 1 atom stereocenters. The molecule has 0 radical (unpaired) electrons. The number of anilines is 3. The number of hydrogen-bond acceptors (Lipinski definition) is 6. The van der Waals surface area contributed by atoms with Crippen molar-refractivity contribution in [1.29, 1.82) is 0 Å². The number of benzene rings is 3. The summed E-state index contributed by atoms with van der Waals surface area (Å²) >= 11 is 0. The molecule has 0 saturated heterocycles. The summed E-state index contributed by atoms with van der Waals surface area (Å²) in [6, 6.07) is 20.6. The Bertz CT molecular complexity index is 1360. The zero-order chi connectivity index (χ0) is 29.4. The topological polar surface area (TPSA) is 118 Å². The van der Waals surface area contributed by atoms with Crippen LogP contribution in [0.4, 0.5) is 21.9 Å². The van der Waals surface area contributed by atoms with Crippen LogP contribution in [0.2, 0.25) is 0 Å². The van der Waals surface area contributed by atoms with E-state index in [2.05, 4.69) is 16.0 Å². The number of carbonyl (C=O) groups is 3. The lowest BCUT2D eigenvalue weighted by atomic mass is 9.87. The number of fused-ring (bicyclic) bond motifs is 1. The van der Waals surface area contributed by atoms with Gasteiger partial charge in [0.2, 0.25) is 5.91 Å². The Morgan fingerprint density at radius 3 is 2.12 bits per heavy atom. The molecule has 1 aliphatic rings. The molecule has 0 unspecified atom stereocenters. The van der Waals surface area contributed by atoms with Crippen molar-refractivity contribution in [1.82, 2.24) is 5.32 Å². The molecule has 0 bridgehead atoms. The molecule has 1 aliphatic heterocycles. The van der Waals surface area contributed by atoms with Gasteiger partial charge in [0, 0.05) is 30.2 Å². The molecule has 216 valence electrons. The highest BCUT2D eigenvalue weighted by molar-refractivity contribution is 6.12. The third-order valence-corrected chi connectivity index (χ3v) is 6.74. The van der Waals surface area contributed by atoms with Gasteiger partial charge in [-0.15, -0.1) is 0 Å². The van der Waals surface area contributed by atoms with Gasteiger partial charge in [-0.1, -0.05) is 35.9 Å². The minimum absolute atomic E-state index is 0.0840. The molecule has 0 aromatic heterocycles. The summed E-state index contributed by atoms with van der Waals surface area (Å²) in [5, 5.41) is 8.48. The highest BCUT2D eigenvalue weighted by atomic mass is 16.7. The van der Waals surface area contributed by atoms with Crippen LogP contribution >= 0.6 is 0 Å². The second-order valence-corrected chi connectivity index (χ2v) is 9.58. The normalized spacial score (nSPS) is 15.9. The molecule has 0 saturated carbocycles. The first-order valence-electron chi connectivity index (χ1n) is 13.5. The molecule has 10 nitrogen and oxygen atoms in total. The third-order valence-electron chi connectivity index (χ3n) is 6.74. The molecule has 0 spiro atoms. The number of amides is 4. The minimum atomic E-state index is -1.69. The van der Waals surface area contributed by atoms with Gasteiger partial charge in [0.05, 0.1) is 25.8 Å². The van der Waals surface area contributed by atoms with E-state index in [-0.39, 0.29) is 13.0 Å². The van der Waals surface area contributed by atoms with Crippen molar-refractivity contribution in [2.45, 2.75) is 39.0 Å². The molecule has 1 heterocycles. The van der Waals surface area contributed by atoms with E-state index in [1.54, 1.807) is 67.8 Å². The molecule has 10 heteroatoms. The summed E-state index contributed by atoms with van der Waals surface area (Å²) in [7, 11) is 1.55. The van der Waals surface area contributed by atoms with E-state index in [0.29, 0.717) is 41.6 Å². The van der Waals surface area contributed by atoms with E-state index >= 15 is 0 Å². The van der Waals surface area contributed by atoms with Crippen LogP contribution in [0.3, 0.4) is 0 Å². The Morgan fingerprint density at radius 1 is 0.878 bits per heavy atom. The van der Waals surface area contributed by atoms with E-state index in [1.165, 1.54) is 4.90 Å². The van der Waals surface area contributed by atoms with Crippen molar-refractivity contribution in [3.8, 4) is 5.75 Å². The summed E-state index contributed by atoms with van der Waals surface area (Å²) in [5.41, 5.74) is 1.50. The molecule has 0 fully saturated rings. The summed E-state index contributed by atoms with van der Waals surface area (Å²) in [4.78, 5) is 42.7. The Hall–Kier alpha value is -4.41. The number of methoxy groups -OCH3 is 1. The van der Waals surface area contributed by atoms with Crippen molar-refractivity contribution < 1.29 is 28.6 Å². The number of ether oxygens (including phenoxy) is 3. The Kier molecular flexibility index (Phi) is 9.59.